The van der Waals surface area contributed by atoms with Crippen LogP contribution >= 0.6 is 0 Å². The van der Waals surface area contributed by atoms with Gasteiger partial charge in [0.1, 0.15) is 6.04 Å². The van der Waals surface area contributed by atoms with E-state index in [1.807, 2.05) is 15.6 Å². The Hall–Kier alpha value is -1.85. The summed E-state index contributed by atoms with van der Waals surface area (Å²) < 4.78 is 1.83. The van der Waals surface area contributed by atoms with Gasteiger partial charge in [-0.3, -0.25) is 14.3 Å². The fraction of sp³-hybridized carbons (Fsp3) is 0.762. The Balaban J connectivity index is 1.27. The Kier molecular flexibility index (Phi) is 3.34. The highest BCUT2D eigenvalue weighted by atomic mass is 16.2. The van der Waals surface area contributed by atoms with Gasteiger partial charge >= 0.3 is 0 Å². The van der Waals surface area contributed by atoms with Crippen LogP contribution in [0.25, 0.3) is 0 Å². The average molecular weight is 368 g/mol. The highest BCUT2D eigenvalue weighted by Gasteiger charge is 2.56. The minimum Gasteiger partial charge on any atom is -0.351 e. The minimum atomic E-state index is -0.387. The average Bonchev–Trinajstić information content (AvgIpc) is 3.32. The van der Waals surface area contributed by atoms with Crippen molar-refractivity contribution in [3.05, 3.63) is 18.0 Å². The lowest BCUT2D eigenvalue weighted by Crippen LogP contribution is -2.57. The highest BCUT2D eigenvalue weighted by Crippen LogP contribution is 2.60. The molecule has 1 aliphatic heterocycles. The van der Waals surface area contributed by atoms with E-state index in [9.17, 15) is 9.59 Å². The number of carbonyl (C=O) groups excluding carboxylic acids is 2. The van der Waals surface area contributed by atoms with E-state index in [0.717, 1.165) is 55.6 Å². The smallest absolute Gasteiger partial charge is 0.246 e. The minimum absolute atomic E-state index is 0.0189. The number of carbonyl (C=O) groups is 2. The summed E-state index contributed by atoms with van der Waals surface area (Å²) in [5.74, 6) is 2.60. The van der Waals surface area contributed by atoms with Gasteiger partial charge in [0, 0.05) is 12.2 Å². The summed E-state index contributed by atoms with van der Waals surface area (Å²) in [5, 5.41) is 7.50. The molecule has 0 saturated heterocycles. The van der Waals surface area contributed by atoms with Crippen molar-refractivity contribution in [3.8, 4) is 0 Å². The quantitative estimate of drug-likeness (QED) is 0.890. The molecule has 5 fully saturated rings. The summed E-state index contributed by atoms with van der Waals surface area (Å²) in [5.41, 5.74) is 0.837. The van der Waals surface area contributed by atoms with Crippen LogP contribution in [-0.2, 0) is 16.1 Å². The molecule has 1 aromatic rings. The van der Waals surface area contributed by atoms with Gasteiger partial charge in [-0.2, -0.15) is 5.10 Å². The van der Waals surface area contributed by atoms with Crippen LogP contribution < -0.4 is 5.32 Å². The maximum absolute atomic E-state index is 13.8. The third-order valence-electron chi connectivity index (χ3n) is 7.80. The Labute approximate surface area is 159 Å². The predicted octanol–water partition coefficient (Wildman–Crippen LogP) is 2.26. The Bertz CT molecular complexity index is 761. The second-order valence-corrected chi connectivity index (χ2v) is 9.95. The van der Waals surface area contributed by atoms with E-state index in [1.54, 1.807) is 6.20 Å². The van der Waals surface area contributed by atoms with Gasteiger partial charge in [-0.1, -0.05) is 0 Å². The van der Waals surface area contributed by atoms with Crippen LogP contribution in [0.3, 0.4) is 0 Å². The van der Waals surface area contributed by atoms with Crippen LogP contribution in [0.4, 0.5) is 0 Å². The summed E-state index contributed by atoms with van der Waals surface area (Å²) >= 11 is 0. The van der Waals surface area contributed by atoms with E-state index in [2.05, 4.69) is 10.4 Å². The molecule has 0 radical (unpaired) electrons. The van der Waals surface area contributed by atoms with E-state index in [4.69, 9.17) is 0 Å². The van der Waals surface area contributed by atoms with Crippen LogP contribution in [0, 0.1) is 23.2 Å². The van der Waals surface area contributed by atoms with Crippen LogP contribution in [0.5, 0.6) is 0 Å². The second-order valence-electron chi connectivity index (χ2n) is 9.95. The Morgan fingerprint density at radius 2 is 1.74 bits per heavy atom. The molecule has 7 rings (SSSR count). The number of amides is 2. The van der Waals surface area contributed by atoms with Gasteiger partial charge in [0.15, 0.2) is 0 Å². The van der Waals surface area contributed by atoms with Gasteiger partial charge in [-0.25, -0.2) is 0 Å². The molecule has 6 nitrogen and oxygen atoms in total. The van der Waals surface area contributed by atoms with Crippen molar-refractivity contribution in [2.45, 2.75) is 70.0 Å². The summed E-state index contributed by atoms with van der Waals surface area (Å²) in [6.45, 7) is 1.06. The zero-order valence-corrected chi connectivity index (χ0v) is 15.8. The molecule has 6 aliphatic rings. The van der Waals surface area contributed by atoms with E-state index in [0.29, 0.717) is 25.0 Å². The summed E-state index contributed by atoms with van der Waals surface area (Å²) in [7, 11) is 0. The number of nitrogens with one attached hydrogen (secondary N) is 1. The topological polar surface area (TPSA) is 67.2 Å². The van der Waals surface area contributed by atoms with Crippen molar-refractivity contribution in [2.75, 3.05) is 6.54 Å². The summed E-state index contributed by atoms with van der Waals surface area (Å²) in [6.07, 6.45) is 11.1. The van der Waals surface area contributed by atoms with Crippen molar-refractivity contribution < 1.29 is 9.59 Å². The molecule has 6 heteroatoms. The number of nitrogens with zero attached hydrogens (tertiary/aromatic N) is 3. The van der Waals surface area contributed by atoms with Gasteiger partial charge in [-0.05, 0) is 75.2 Å². The summed E-state index contributed by atoms with van der Waals surface area (Å²) in [6, 6.07) is 1.89. The molecular formula is C21H28N4O2. The predicted molar refractivity (Wildman–Crippen MR) is 98.5 cm³/mol. The molecule has 4 bridgehead atoms. The first-order valence-electron chi connectivity index (χ1n) is 10.7. The van der Waals surface area contributed by atoms with Crippen molar-refractivity contribution in [1.29, 1.82) is 0 Å². The van der Waals surface area contributed by atoms with Crippen LogP contribution in [0.2, 0.25) is 0 Å². The zero-order valence-electron chi connectivity index (χ0n) is 15.8. The van der Waals surface area contributed by atoms with Gasteiger partial charge in [0.05, 0.1) is 24.2 Å². The normalized spacial score (nSPS) is 39.3. The fourth-order valence-corrected chi connectivity index (χ4v) is 6.88. The van der Waals surface area contributed by atoms with Crippen molar-refractivity contribution in [3.63, 3.8) is 0 Å². The Morgan fingerprint density at radius 3 is 2.37 bits per heavy atom. The van der Waals surface area contributed by atoms with Crippen molar-refractivity contribution in [1.82, 2.24) is 20.0 Å². The van der Waals surface area contributed by atoms with Crippen molar-refractivity contribution >= 4 is 11.8 Å². The zero-order chi connectivity index (χ0) is 18.2. The first kappa shape index (κ1) is 16.1. The molecule has 2 amide bonds. The van der Waals surface area contributed by atoms with Gasteiger partial charge in [0.25, 0.3) is 0 Å². The van der Waals surface area contributed by atoms with Crippen LogP contribution in [-0.4, -0.2) is 39.1 Å². The van der Waals surface area contributed by atoms with E-state index < -0.39 is 0 Å². The molecule has 1 N–H and O–H groups in total. The molecule has 0 unspecified atom stereocenters. The number of aromatic nitrogens is 2. The Morgan fingerprint density at radius 1 is 1.07 bits per heavy atom. The number of rotatable bonds is 3. The molecule has 1 aromatic heterocycles. The summed E-state index contributed by atoms with van der Waals surface area (Å²) in [4.78, 5) is 28.6. The molecular weight excluding hydrogens is 340 g/mol. The second kappa shape index (κ2) is 5.58. The number of fused-ring (bicyclic) bond motifs is 1. The standard InChI is InChI=1S/C21H28N4O2/c26-19(23-16-1-2-16)18-12-24(11-17-3-4-22-25(17)18)20(27)21-8-13-5-14(9-21)7-15(6-13)10-21/h3-4,13-16,18H,1-2,5-12H2,(H,23,26)/t13?,14?,15?,18-,21?/m1/s1. The van der Waals surface area contributed by atoms with E-state index in [1.165, 1.54) is 19.3 Å². The fourth-order valence-electron chi connectivity index (χ4n) is 6.88. The van der Waals surface area contributed by atoms with Crippen LogP contribution in [0.1, 0.15) is 63.1 Å². The van der Waals surface area contributed by atoms with E-state index in [-0.39, 0.29) is 17.4 Å². The maximum atomic E-state index is 13.8. The molecule has 1 atom stereocenters. The lowest BCUT2D eigenvalue weighted by atomic mass is 9.49. The number of hydrogen-bond donors (Lipinski definition) is 1. The van der Waals surface area contributed by atoms with E-state index >= 15 is 0 Å². The van der Waals surface area contributed by atoms with Crippen LogP contribution in [0.15, 0.2) is 12.3 Å². The van der Waals surface area contributed by atoms with Gasteiger partial charge < -0.3 is 10.2 Å². The highest BCUT2D eigenvalue weighted by molar-refractivity contribution is 5.86. The molecule has 27 heavy (non-hydrogen) atoms. The molecule has 5 saturated carbocycles. The SMILES string of the molecule is O=C(NC1CC1)[C@H]1CN(C(=O)C23CC4CC(CC(C4)C2)C3)Cc2ccnn21. The molecule has 0 aromatic carbocycles. The third kappa shape index (κ3) is 2.55. The lowest BCUT2D eigenvalue weighted by molar-refractivity contribution is -0.160. The lowest BCUT2D eigenvalue weighted by Gasteiger charge is -2.57. The third-order valence-corrected chi connectivity index (χ3v) is 7.80. The van der Waals surface area contributed by atoms with Gasteiger partial charge in [0.2, 0.25) is 11.8 Å². The monoisotopic (exact) mass is 368 g/mol. The first-order chi connectivity index (χ1) is 13.1. The first-order valence-corrected chi connectivity index (χ1v) is 10.7. The largest absolute Gasteiger partial charge is 0.351 e. The molecule has 5 aliphatic carbocycles. The van der Waals surface area contributed by atoms with Crippen molar-refractivity contribution in [2.24, 2.45) is 23.2 Å². The van der Waals surface area contributed by atoms with Gasteiger partial charge in [-0.15, -0.1) is 0 Å². The molecule has 0 spiro atoms. The molecule has 2 heterocycles. The number of hydrogen-bond acceptors (Lipinski definition) is 3. The molecule has 144 valence electrons. The maximum Gasteiger partial charge on any atom is 0.246 e.